The second-order valence-electron chi connectivity index (χ2n) is 8.10. The smallest absolute Gasteiger partial charge is 0.289 e. The highest BCUT2D eigenvalue weighted by Crippen LogP contribution is 2.32. The van der Waals surface area contributed by atoms with Crippen molar-refractivity contribution in [3.8, 4) is 0 Å². The van der Waals surface area contributed by atoms with Gasteiger partial charge in [0.25, 0.3) is 11.8 Å². The fourth-order valence-corrected chi connectivity index (χ4v) is 5.73. The summed E-state index contributed by atoms with van der Waals surface area (Å²) in [6.45, 7) is 3.18. The summed E-state index contributed by atoms with van der Waals surface area (Å²) in [5.74, 6) is -0.135. The zero-order valence-corrected chi connectivity index (χ0v) is 19.1. The van der Waals surface area contributed by atoms with Crippen molar-refractivity contribution in [2.24, 2.45) is 5.92 Å². The third kappa shape index (κ3) is 5.09. The molecule has 0 aromatic carbocycles. The van der Waals surface area contributed by atoms with Crippen LogP contribution >= 0.6 is 22.9 Å². The number of nitrogens with one attached hydrogen (secondary N) is 2. The van der Waals surface area contributed by atoms with Crippen molar-refractivity contribution in [3.05, 3.63) is 26.7 Å². The topological polar surface area (TPSA) is 117 Å². The number of thiazole rings is 1. The number of hydrazine groups is 1. The molecule has 166 valence electrons. The van der Waals surface area contributed by atoms with Crippen molar-refractivity contribution in [1.29, 1.82) is 0 Å². The number of carbonyl (C=O) groups is 3. The molecular weight excluding hydrogens is 436 g/mol. The fraction of sp³-hybridized carbons (Fsp3) is 0.600. The van der Waals surface area contributed by atoms with E-state index in [2.05, 4.69) is 25.4 Å². The van der Waals surface area contributed by atoms with Gasteiger partial charge in [0.05, 0.1) is 10.7 Å². The van der Waals surface area contributed by atoms with E-state index in [1.165, 1.54) is 17.8 Å². The van der Waals surface area contributed by atoms with Crippen LogP contribution < -0.4 is 10.9 Å². The number of carbonyl (C=O) groups excluding carboxylic acids is 3. The van der Waals surface area contributed by atoms with Crippen molar-refractivity contribution in [1.82, 2.24) is 30.3 Å². The Bertz CT molecular complexity index is 944. The summed E-state index contributed by atoms with van der Waals surface area (Å²) in [5.41, 5.74) is 5.56. The minimum atomic E-state index is -0.462. The molecule has 0 unspecified atom stereocenters. The Morgan fingerprint density at radius 2 is 1.74 bits per heavy atom. The highest BCUT2D eigenvalue weighted by atomic mass is 32.1. The van der Waals surface area contributed by atoms with Crippen LogP contribution in [0.4, 0.5) is 0 Å². The lowest BCUT2D eigenvalue weighted by Gasteiger charge is -2.34. The Balaban J connectivity index is 1.27. The standard InChI is InChI=1S/C20H26N6O3S2/c1-12-16(31-25-22-12)18(28)24-23-17(27)15-11-30-19(21-15)13-7-9-26(10-8-13)20(29)14-5-3-2-4-6-14/h11,13-14H,2-10H2,1H3,(H,23,27)(H,24,28). The predicted octanol–water partition coefficient (Wildman–Crippen LogP) is 2.66. The number of amides is 3. The third-order valence-electron chi connectivity index (χ3n) is 6.01. The molecule has 9 nitrogen and oxygen atoms in total. The molecule has 2 N–H and O–H groups in total. The Morgan fingerprint density at radius 1 is 1.03 bits per heavy atom. The first kappa shape index (κ1) is 21.8. The second kappa shape index (κ2) is 9.82. The maximum Gasteiger partial charge on any atom is 0.289 e. The Morgan fingerprint density at radius 3 is 2.42 bits per heavy atom. The second-order valence-corrected chi connectivity index (χ2v) is 9.74. The van der Waals surface area contributed by atoms with Gasteiger partial charge in [0.2, 0.25) is 5.91 Å². The minimum Gasteiger partial charge on any atom is -0.342 e. The summed E-state index contributed by atoms with van der Waals surface area (Å²) in [6.07, 6.45) is 7.36. The molecule has 31 heavy (non-hydrogen) atoms. The van der Waals surface area contributed by atoms with Gasteiger partial charge in [0.15, 0.2) is 0 Å². The average Bonchev–Trinajstić information content (AvgIpc) is 3.47. The van der Waals surface area contributed by atoms with Gasteiger partial charge in [0, 0.05) is 30.3 Å². The molecule has 2 fully saturated rings. The summed E-state index contributed by atoms with van der Waals surface area (Å²) in [6, 6.07) is 0. The molecule has 0 spiro atoms. The maximum absolute atomic E-state index is 12.7. The quantitative estimate of drug-likeness (QED) is 0.675. The molecule has 11 heteroatoms. The van der Waals surface area contributed by atoms with Crippen molar-refractivity contribution >= 4 is 40.6 Å². The molecular formula is C20H26N6O3S2. The molecule has 2 aromatic rings. The van der Waals surface area contributed by atoms with Crippen molar-refractivity contribution < 1.29 is 14.4 Å². The van der Waals surface area contributed by atoms with Gasteiger partial charge in [0.1, 0.15) is 10.6 Å². The van der Waals surface area contributed by atoms with E-state index in [-0.39, 0.29) is 17.5 Å². The lowest BCUT2D eigenvalue weighted by Crippen LogP contribution is -2.42. The lowest BCUT2D eigenvalue weighted by atomic mass is 9.87. The first-order valence-corrected chi connectivity index (χ1v) is 12.3. The highest BCUT2D eigenvalue weighted by molar-refractivity contribution is 7.10. The molecule has 0 radical (unpaired) electrons. The first-order valence-electron chi connectivity index (χ1n) is 10.7. The number of rotatable bonds is 4. The van der Waals surface area contributed by atoms with E-state index in [9.17, 15) is 14.4 Å². The van der Waals surface area contributed by atoms with Gasteiger partial charge in [-0.2, -0.15) is 0 Å². The van der Waals surface area contributed by atoms with Crippen LogP contribution in [0.3, 0.4) is 0 Å². The minimum absolute atomic E-state index is 0.209. The summed E-state index contributed by atoms with van der Waals surface area (Å²) in [7, 11) is 0. The Labute approximate surface area is 188 Å². The van der Waals surface area contributed by atoms with E-state index in [0.29, 0.717) is 16.5 Å². The molecule has 2 aliphatic rings. The third-order valence-corrected chi connectivity index (χ3v) is 7.85. The monoisotopic (exact) mass is 462 g/mol. The zero-order valence-electron chi connectivity index (χ0n) is 17.4. The van der Waals surface area contributed by atoms with Crippen LogP contribution in [-0.4, -0.2) is 50.3 Å². The van der Waals surface area contributed by atoms with Crippen molar-refractivity contribution in [3.63, 3.8) is 0 Å². The maximum atomic E-state index is 12.7. The summed E-state index contributed by atoms with van der Waals surface area (Å²) in [4.78, 5) is 44.0. The number of hydrogen-bond acceptors (Lipinski definition) is 8. The molecule has 1 aliphatic carbocycles. The summed E-state index contributed by atoms with van der Waals surface area (Å²) < 4.78 is 3.71. The van der Waals surface area contributed by atoms with Crippen molar-refractivity contribution in [2.75, 3.05) is 13.1 Å². The lowest BCUT2D eigenvalue weighted by molar-refractivity contribution is -0.137. The molecule has 2 aromatic heterocycles. The summed E-state index contributed by atoms with van der Waals surface area (Å²) in [5, 5.41) is 6.39. The SMILES string of the molecule is Cc1nnsc1C(=O)NNC(=O)c1csc(C2CCN(C(=O)C3CCCCC3)CC2)n1. The zero-order chi connectivity index (χ0) is 21.8. The normalized spacial score (nSPS) is 18.0. The van der Waals surface area contributed by atoms with Gasteiger partial charge in [-0.05, 0) is 44.1 Å². The van der Waals surface area contributed by atoms with E-state index in [0.717, 1.165) is 68.2 Å². The molecule has 3 heterocycles. The van der Waals surface area contributed by atoms with Gasteiger partial charge in [-0.1, -0.05) is 23.8 Å². The number of aromatic nitrogens is 3. The van der Waals surface area contributed by atoms with Crippen LogP contribution in [0, 0.1) is 12.8 Å². The predicted molar refractivity (Wildman–Crippen MR) is 117 cm³/mol. The molecule has 0 bridgehead atoms. The first-order chi connectivity index (χ1) is 15.0. The number of hydrogen-bond donors (Lipinski definition) is 2. The van der Waals surface area contributed by atoms with E-state index in [1.54, 1.807) is 12.3 Å². The fourth-order valence-electron chi connectivity index (χ4n) is 4.21. The van der Waals surface area contributed by atoms with Crippen LogP contribution in [0.25, 0.3) is 0 Å². The number of likely N-dealkylation sites (tertiary alicyclic amines) is 1. The van der Waals surface area contributed by atoms with Crippen LogP contribution in [0.2, 0.25) is 0 Å². The van der Waals surface area contributed by atoms with Crippen LogP contribution in [-0.2, 0) is 4.79 Å². The summed E-state index contributed by atoms with van der Waals surface area (Å²) >= 11 is 2.42. The van der Waals surface area contributed by atoms with Gasteiger partial charge in [-0.3, -0.25) is 25.2 Å². The van der Waals surface area contributed by atoms with Crippen molar-refractivity contribution in [2.45, 2.75) is 57.8 Å². The van der Waals surface area contributed by atoms with E-state index in [4.69, 9.17) is 0 Å². The molecule has 1 saturated heterocycles. The van der Waals surface area contributed by atoms with Gasteiger partial charge in [-0.25, -0.2) is 4.98 Å². The van der Waals surface area contributed by atoms with Crippen LogP contribution in [0.15, 0.2) is 5.38 Å². The van der Waals surface area contributed by atoms with Crippen LogP contribution in [0.5, 0.6) is 0 Å². The van der Waals surface area contributed by atoms with E-state index in [1.807, 2.05) is 4.90 Å². The van der Waals surface area contributed by atoms with E-state index < -0.39 is 11.8 Å². The van der Waals surface area contributed by atoms with Gasteiger partial charge in [-0.15, -0.1) is 16.4 Å². The number of nitrogens with zero attached hydrogens (tertiary/aromatic N) is 4. The highest BCUT2D eigenvalue weighted by Gasteiger charge is 2.30. The van der Waals surface area contributed by atoms with Gasteiger partial charge < -0.3 is 4.90 Å². The molecule has 4 rings (SSSR count). The van der Waals surface area contributed by atoms with Crippen LogP contribution in [0.1, 0.15) is 81.7 Å². The Hall–Kier alpha value is -2.40. The largest absolute Gasteiger partial charge is 0.342 e. The molecule has 3 amide bonds. The van der Waals surface area contributed by atoms with E-state index >= 15 is 0 Å². The number of piperidine rings is 1. The average molecular weight is 463 g/mol. The molecule has 1 aliphatic heterocycles. The molecule has 0 atom stereocenters. The molecule has 1 saturated carbocycles. The number of aryl methyl sites for hydroxylation is 1. The van der Waals surface area contributed by atoms with Gasteiger partial charge >= 0.3 is 0 Å². The Kier molecular flexibility index (Phi) is 6.91.